The quantitative estimate of drug-likeness (QED) is 0.895. The highest BCUT2D eigenvalue weighted by Gasteiger charge is 2.32. The zero-order valence-corrected chi connectivity index (χ0v) is 12.3. The van der Waals surface area contributed by atoms with Crippen molar-refractivity contribution in [3.8, 4) is 0 Å². The van der Waals surface area contributed by atoms with Gasteiger partial charge in [-0.05, 0) is 43.3 Å². The second-order valence-electron chi connectivity index (χ2n) is 5.23. The van der Waals surface area contributed by atoms with Crippen LogP contribution in [-0.2, 0) is 6.54 Å². The molecular weight excluding hydrogens is 268 g/mol. The maximum atomic E-state index is 12.4. The van der Waals surface area contributed by atoms with Crippen molar-refractivity contribution in [2.45, 2.75) is 32.4 Å². The van der Waals surface area contributed by atoms with Gasteiger partial charge in [-0.2, -0.15) is 0 Å². The third-order valence-electron chi connectivity index (χ3n) is 3.46. The molecule has 0 spiro atoms. The number of urea groups is 1. The molecular formula is C16H18N2OS. The predicted octanol–water partition coefficient (Wildman–Crippen LogP) is 4.25. The summed E-state index contributed by atoms with van der Waals surface area (Å²) >= 11 is 1.70. The summed E-state index contributed by atoms with van der Waals surface area (Å²) in [5, 5.41) is 5.05. The molecule has 1 heterocycles. The first-order chi connectivity index (χ1) is 9.72. The number of nitrogens with one attached hydrogen (secondary N) is 1. The topological polar surface area (TPSA) is 32.3 Å². The molecule has 104 valence electrons. The zero-order valence-electron chi connectivity index (χ0n) is 11.5. The van der Waals surface area contributed by atoms with E-state index in [-0.39, 0.29) is 6.03 Å². The van der Waals surface area contributed by atoms with Crippen LogP contribution in [0.4, 0.5) is 10.5 Å². The lowest BCUT2D eigenvalue weighted by atomic mass is 10.2. The number of nitrogens with zero attached hydrogens (tertiary/aromatic N) is 1. The lowest BCUT2D eigenvalue weighted by molar-refractivity contribution is 0.206. The first kappa shape index (κ1) is 13.2. The highest BCUT2D eigenvalue weighted by molar-refractivity contribution is 7.09. The molecule has 0 atom stereocenters. The Bertz CT molecular complexity index is 573. The zero-order chi connectivity index (χ0) is 13.9. The Morgan fingerprint density at radius 2 is 2.05 bits per heavy atom. The molecule has 0 aliphatic heterocycles. The van der Waals surface area contributed by atoms with E-state index in [4.69, 9.17) is 0 Å². The van der Waals surface area contributed by atoms with E-state index >= 15 is 0 Å². The number of carbonyl (C=O) groups is 1. The van der Waals surface area contributed by atoms with E-state index in [1.54, 1.807) is 11.3 Å². The van der Waals surface area contributed by atoms with Gasteiger partial charge in [-0.15, -0.1) is 11.3 Å². The average molecular weight is 286 g/mol. The number of thiophene rings is 1. The van der Waals surface area contributed by atoms with E-state index in [0.717, 1.165) is 18.5 Å². The summed E-state index contributed by atoms with van der Waals surface area (Å²) in [5.74, 6) is 0. The number of anilines is 1. The third-order valence-corrected chi connectivity index (χ3v) is 4.32. The number of rotatable bonds is 4. The molecule has 0 saturated heterocycles. The third kappa shape index (κ3) is 3.20. The SMILES string of the molecule is Cc1ccc(NC(=O)N(Cc2cccs2)C2CC2)cc1. The molecule has 4 heteroatoms. The van der Waals surface area contributed by atoms with Crippen LogP contribution in [0, 0.1) is 6.92 Å². The van der Waals surface area contributed by atoms with Crippen LogP contribution in [0.25, 0.3) is 0 Å². The van der Waals surface area contributed by atoms with Gasteiger partial charge in [0.1, 0.15) is 0 Å². The Hall–Kier alpha value is -1.81. The molecule has 1 N–H and O–H groups in total. The molecule has 1 fully saturated rings. The van der Waals surface area contributed by atoms with E-state index in [1.165, 1.54) is 10.4 Å². The predicted molar refractivity (Wildman–Crippen MR) is 83.1 cm³/mol. The molecule has 1 aliphatic carbocycles. The number of hydrogen-bond acceptors (Lipinski definition) is 2. The van der Waals surface area contributed by atoms with Crippen molar-refractivity contribution < 1.29 is 4.79 Å². The number of amides is 2. The first-order valence-corrected chi connectivity index (χ1v) is 7.77. The largest absolute Gasteiger partial charge is 0.322 e. The molecule has 20 heavy (non-hydrogen) atoms. The minimum absolute atomic E-state index is 0.00440. The van der Waals surface area contributed by atoms with Crippen LogP contribution in [0.5, 0.6) is 0 Å². The van der Waals surface area contributed by atoms with Gasteiger partial charge in [-0.1, -0.05) is 23.8 Å². The Labute approximate surface area is 123 Å². The maximum Gasteiger partial charge on any atom is 0.322 e. The van der Waals surface area contributed by atoms with Gasteiger partial charge < -0.3 is 10.2 Å². The van der Waals surface area contributed by atoms with Gasteiger partial charge in [0.2, 0.25) is 0 Å². The minimum atomic E-state index is 0.00440. The summed E-state index contributed by atoms with van der Waals surface area (Å²) in [6.07, 6.45) is 2.24. The molecule has 2 amide bonds. The summed E-state index contributed by atoms with van der Waals surface area (Å²) < 4.78 is 0. The van der Waals surface area contributed by atoms with Gasteiger partial charge in [-0.25, -0.2) is 4.79 Å². The molecule has 1 aromatic heterocycles. The van der Waals surface area contributed by atoms with Gasteiger partial charge in [0.15, 0.2) is 0 Å². The molecule has 0 unspecified atom stereocenters. The van der Waals surface area contributed by atoms with Crippen LogP contribution < -0.4 is 5.32 Å². The van der Waals surface area contributed by atoms with Gasteiger partial charge in [-0.3, -0.25) is 0 Å². The monoisotopic (exact) mass is 286 g/mol. The second-order valence-corrected chi connectivity index (χ2v) is 6.27. The number of benzene rings is 1. The fraction of sp³-hybridized carbons (Fsp3) is 0.312. The van der Waals surface area contributed by atoms with Crippen LogP contribution in [0.2, 0.25) is 0 Å². The van der Waals surface area contributed by atoms with Crippen LogP contribution >= 0.6 is 11.3 Å². The Morgan fingerprint density at radius 3 is 2.65 bits per heavy atom. The number of carbonyl (C=O) groups excluding carboxylic acids is 1. The van der Waals surface area contributed by atoms with Crippen molar-refractivity contribution >= 4 is 23.1 Å². The summed E-state index contributed by atoms with van der Waals surface area (Å²) in [4.78, 5) is 15.6. The van der Waals surface area contributed by atoms with Crippen molar-refractivity contribution in [2.24, 2.45) is 0 Å². The molecule has 3 rings (SSSR count). The van der Waals surface area contributed by atoms with Crippen molar-refractivity contribution in [3.05, 3.63) is 52.2 Å². The van der Waals surface area contributed by atoms with Crippen LogP contribution in [0.3, 0.4) is 0 Å². The van der Waals surface area contributed by atoms with Crippen molar-refractivity contribution in [2.75, 3.05) is 5.32 Å². The fourth-order valence-corrected chi connectivity index (χ4v) is 2.86. The lowest BCUT2D eigenvalue weighted by Crippen LogP contribution is -2.36. The number of hydrogen-bond donors (Lipinski definition) is 1. The smallest absolute Gasteiger partial charge is 0.316 e. The molecule has 0 bridgehead atoms. The maximum absolute atomic E-state index is 12.4. The minimum Gasteiger partial charge on any atom is -0.316 e. The molecule has 2 aromatic rings. The summed E-state index contributed by atoms with van der Waals surface area (Å²) in [6.45, 7) is 2.75. The first-order valence-electron chi connectivity index (χ1n) is 6.89. The second kappa shape index (κ2) is 5.67. The highest BCUT2D eigenvalue weighted by Crippen LogP contribution is 2.29. The normalized spacial score (nSPS) is 14.1. The standard InChI is InChI=1S/C16H18N2OS/c1-12-4-6-13(7-5-12)17-16(19)18(14-8-9-14)11-15-3-2-10-20-15/h2-7,10,14H,8-9,11H2,1H3,(H,17,19). The molecule has 1 aliphatic rings. The highest BCUT2D eigenvalue weighted by atomic mass is 32.1. The molecule has 1 saturated carbocycles. The van der Waals surface area contributed by atoms with Gasteiger partial charge in [0.25, 0.3) is 0 Å². The van der Waals surface area contributed by atoms with Crippen LogP contribution in [0.15, 0.2) is 41.8 Å². The summed E-state index contributed by atoms with van der Waals surface area (Å²) in [7, 11) is 0. The van der Waals surface area contributed by atoms with E-state index in [1.807, 2.05) is 42.2 Å². The summed E-state index contributed by atoms with van der Waals surface area (Å²) in [6, 6.07) is 12.4. The lowest BCUT2D eigenvalue weighted by Gasteiger charge is -2.22. The van der Waals surface area contributed by atoms with E-state index in [9.17, 15) is 4.79 Å². The van der Waals surface area contributed by atoms with Crippen molar-refractivity contribution in [3.63, 3.8) is 0 Å². The Kier molecular flexibility index (Phi) is 3.74. The summed E-state index contributed by atoms with van der Waals surface area (Å²) in [5.41, 5.74) is 2.05. The average Bonchev–Trinajstić information content (AvgIpc) is 3.15. The number of aryl methyl sites for hydroxylation is 1. The fourth-order valence-electron chi connectivity index (χ4n) is 2.16. The van der Waals surface area contributed by atoms with Gasteiger partial charge >= 0.3 is 6.03 Å². The molecule has 3 nitrogen and oxygen atoms in total. The van der Waals surface area contributed by atoms with Gasteiger partial charge in [0, 0.05) is 16.6 Å². The Balaban J connectivity index is 1.67. The van der Waals surface area contributed by atoms with E-state index in [2.05, 4.69) is 16.8 Å². The van der Waals surface area contributed by atoms with Gasteiger partial charge in [0.05, 0.1) is 6.54 Å². The van der Waals surface area contributed by atoms with Crippen LogP contribution in [-0.4, -0.2) is 17.0 Å². The van der Waals surface area contributed by atoms with E-state index in [0.29, 0.717) is 12.6 Å². The van der Waals surface area contributed by atoms with Crippen molar-refractivity contribution in [1.82, 2.24) is 4.90 Å². The molecule has 1 aromatic carbocycles. The van der Waals surface area contributed by atoms with Crippen LogP contribution in [0.1, 0.15) is 23.3 Å². The molecule has 0 radical (unpaired) electrons. The Morgan fingerprint density at radius 1 is 1.30 bits per heavy atom. The van der Waals surface area contributed by atoms with E-state index < -0.39 is 0 Å². The van der Waals surface area contributed by atoms with Crippen molar-refractivity contribution in [1.29, 1.82) is 0 Å².